The number of nitrogens with one attached hydrogen (secondary N) is 1. The lowest BCUT2D eigenvalue weighted by Crippen LogP contribution is -2.28. The Bertz CT molecular complexity index is 726. The van der Waals surface area contributed by atoms with Crippen molar-refractivity contribution in [2.45, 2.75) is 12.8 Å². The highest BCUT2D eigenvalue weighted by Gasteiger charge is 2.21. The number of pyridine rings is 1. The fourth-order valence-corrected chi connectivity index (χ4v) is 2.45. The first-order valence-electron chi connectivity index (χ1n) is 7.73. The van der Waals surface area contributed by atoms with Gasteiger partial charge in [-0.05, 0) is 49.1 Å². The Morgan fingerprint density at radius 1 is 1.13 bits per heavy atom. The summed E-state index contributed by atoms with van der Waals surface area (Å²) in [5.74, 6) is 6.18. The SMILES string of the molecule is O=C(Nc1cccc(C#Cc2ccccn2)c1)C1CCOCC1. The number of amides is 1. The maximum atomic E-state index is 12.2. The summed E-state index contributed by atoms with van der Waals surface area (Å²) in [5.41, 5.74) is 2.35. The van der Waals surface area contributed by atoms with Crippen LogP contribution in [0, 0.1) is 17.8 Å². The van der Waals surface area contributed by atoms with E-state index in [9.17, 15) is 4.79 Å². The normalized spacial score (nSPS) is 14.6. The quantitative estimate of drug-likeness (QED) is 0.868. The molecule has 3 rings (SSSR count). The molecule has 0 radical (unpaired) electrons. The topological polar surface area (TPSA) is 51.2 Å². The number of benzene rings is 1. The zero-order valence-corrected chi connectivity index (χ0v) is 12.8. The van der Waals surface area contributed by atoms with Crippen LogP contribution in [0.3, 0.4) is 0 Å². The van der Waals surface area contributed by atoms with Gasteiger partial charge >= 0.3 is 0 Å². The third kappa shape index (κ3) is 4.41. The van der Waals surface area contributed by atoms with E-state index in [1.807, 2.05) is 42.5 Å². The summed E-state index contributed by atoms with van der Waals surface area (Å²) in [5, 5.41) is 2.97. The van der Waals surface area contributed by atoms with Crippen LogP contribution in [0.2, 0.25) is 0 Å². The molecule has 1 aromatic heterocycles. The van der Waals surface area contributed by atoms with Gasteiger partial charge < -0.3 is 10.1 Å². The van der Waals surface area contributed by atoms with Crippen LogP contribution in [-0.2, 0) is 9.53 Å². The summed E-state index contributed by atoms with van der Waals surface area (Å²) >= 11 is 0. The lowest BCUT2D eigenvalue weighted by molar-refractivity contribution is -0.122. The van der Waals surface area contributed by atoms with Crippen molar-refractivity contribution in [2.24, 2.45) is 5.92 Å². The maximum absolute atomic E-state index is 12.2. The largest absolute Gasteiger partial charge is 0.381 e. The number of rotatable bonds is 2. The third-order valence-corrected chi connectivity index (χ3v) is 3.72. The van der Waals surface area contributed by atoms with Gasteiger partial charge in [0.25, 0.3) is 0 Å². The van der Waals surface area contributed by atoms with Crippen LogP contribution in [0.15, 0.2) is 48.7 Å². The first-order valence-corrected chi connectivity index (χ1v) is 7.73. The summed E-state index contributed by atoms with van der Waals surface area (Å²) in [6.07, 6.45) is 3.28. The molecule has 0 spiro atoms. The summed E-state index contributed by atoms with van der Waals surface area (Å²) in [6, 6.07) is 13.2. The van der Waals surface area contributed by atoms with E-state index in [0.717, 1.165) is 29.8 Å². The van der Waals surface area contributed by atoms with Crippen LogP contribution in [-0.4, -0.2) is 24.1 Å². The molecule has 0 saturated carbocycles. The van der Waals surface area contributed by atoms with Crippen molar-refractivity contribution in [3.05, 3.63) is 59.9 Å². The summed E-state index contributed by atoms with van der Waals surface area (Å²) in [4.78, 5) is 16.4. The van der Waals surface area contributed by atoms with Gasteiger partial charge in [0.05, 0.1) is 0 Å². The molecular formula is C19H18N2O2. The standard InChI is InChI=1S/C19H18N2O2/c22-19(16-9-12-23-13-10-16)21-18-6-3-4-15(14-18)7-8-17-5-1-2-11-20-17/h1-6,11,14,16H,9-10,12-13H2,(H,21,22). The summed E-state index contributed by atoms with van der Waals surface area (Å²) in [6.45, 7) is 1.32. The number of hydrogen-bond acceptors (Lipinski definition) is 3. The van der Waals surface area contributed by atoms with Crippen molar-refractivity contribution in [1.82, 2.24) is 4.98 Å². The van der Waals surface area contributed by atoms with Gasteiger partial charge in [-0.15, -0.1) is 0 Å². The first-order chi connectivity index (χ1) is 11.3. The van der Waals surface area contributed by atoms with Gasteiger partial charge in [0.2, 0.25) is 5.91 Å². The minimum absolute atomic E-state index is 0.0343. The molecule has 0 bridgehead atoms. The molecular weight excluding hydrogens is 288 g/mol. The van der Waals surface area contributed by atoms with Crippen LogP contribution < -0.4 is 5.32 Å². The molecule has 1 fully saturated rings. The Kier molecular flexibility index (Phi) is 5.02. The number of hydrogen-bond donors (Lipinski definition) is 1. The molecule has 2 heterocycles. The van der Waals surface area contributed by atoms with Crippen molar-refractivity contribution in [3.63, 3.8) is 0 Å². The fraction of sp³-hybridized carbons (Fsp3) is 0.263. The highest BCUT2D eigenvalue weighted by atomic mass is 16.5. The molecule has 0 aliphatic carbocycles. The Labute approximate surface area is 135 Å². The molecule has 4 heteroatoms. The van der Waals surface area contributed by atoms with E-state index >= 15 is 0 Å². The predicted octanol–water partition coefficient (Wildman–Crippen LogP) is 2.85. The fourth-order valence-electron chi connectivity index (χ4n) is 2.45. The van der Waals surface area contributed by atoms with Gasteiger partial charge in [-0.1, -0.05) is 18.1 Å². The molecule has 1 aliphatic heterocycles. The van der Waals surface area contributed by atoms with Gasteiger partial charge in [-0.2, -0.15) is 0 Å². The van der Waals surface area contributed by atoms with Crippen LogP contribution in [0.4, 0.5) is 5.69 Å². The van der Waals surface area contributed by atoms with Gasteiger partial charge in [0.15, 0.2) is 0 Å². The third-order valence-electron chi connectivity index (χ3n) is 3.72. The number of ether oxygens (including phenoxy) is 1. The minimum Gasteiger partial charge on any atom is -0.381 e. The second-order valence-corrected chi connectivity index (χ2v) is 5.42. The zero-order chi connectivity index (χ0) is 15.9. The van der Waals surface area contributed by atoms with Gasteiger partial charge in [-0.3, -0.25) is 4.79 Å². The van der Waals surface area contributed by atoms with Gasteiger partial charge in [-0.25, -0.2) is 4.98 Å². The Morgan fingerprint density at radius 2 is 2.00 bits per heavy atom. The van der Waals surface area contributed by atoms with E-state index in [0.29, 0.717) is 13.2 Å². The molecule has 1 saturated heterocycles. The highest BCUT2D eigenvalue weighted by molar-refractivity contribution is 5.92. The van der Waals surface area contributed by atoms with Gasteiger partial charge in [0, 0.05) is 36.6 Å². The molecule has 0 unspecified atom stereocenters. The highest BCUT2D eigenvalue weighted by Crippen LogP contribution is 2.18. The molecule has 1 aromatic carbocycles. The molecule has 1 aliphatic rings. The summed E-state index contributed by atoms with van der Waals surface area (Å²) < 4.78 is 5.29. The van der Waals surface area contributed by atoms with E-state index in [-0.39, 0.29) is 11.8 Å². The summed E-state index contributed by atoms with van der Waals surface area (Å²) in [7, 11) is 0. The van der Waals surface area contributed by atoms with Crippen LogP contribution in [0.5, 0.6) is 0 Å². The number of aromatic nitrogens is 1. The average Bonchev–Trinajstić information content (AvgIpc) is 2.62. The van der Waals surface area contributed by atoms with E-state index in [1.165, 1.54) is 0 Å². The average molecular weight is 306 g/mol. The Morgan fingerprint density at radius 3 is 2.78 bits per heavy atom. The predicted molar refractivity (Wildman–Crippen MR) is 88.8 cm³/mol. The molecule has 4 nitrogen and oxygen atoms in total. The van der Waals surface area contributed by atoms with E-state index in [1.54, 1.807) is 6.20 Å². The van der Waals surface area contributed by atoms with Crippen molar-refractivity contribution in [2.75, 3.05) is 18.5 Å². The van der Waals surface area contributed by atoms with Crippen LogP contribution >= 0.6 is 0 Å². The maximum Gasteiger partial charge on any atom is 0.227 e. The number of carbonyl (C=O) groups is 1. The lowest BCUT2D eigenvalue weighted by atomic mass is 9.99. The van der Waals surface area contributed by atoms with Crippen molar-refractivity contribution in [1.29, 1.82) is 0 Å². The monoisotopic (exact) mass is 306 g/mol. The molecule has 2 aromatic rings. The molecule has 0 atom stereocenters. The molecule has 23 heavy (non-hydrogen) atoms. The Hall–Kier alpha value is -2.64. The molecule has 1 N–H and O–H groups in total. The zero-order valence-electron chi connectivity index (χ0n) is 12.8. The van der Waals surface area contributed by atoms with Crippen LogP contribution in [0.25, 0.3) is 0 Å². The van der Waals surface area contributed by atoms with Gasteiger partial charge in [0.1, 0.15) is 5.69 Å². The smallest absolute Gasteiger partial charge is 0.227 e. The lowest BCUT2D eigenvalue weighted by Gasteiger charge is -2.21. The van der Waals surface area contributed by atoms with Crippen molar-refractivity contribution in [3.8, 4) is 11.8 Å². The number of nitrogens with zero attached hydrogens (tertiary/aromatic N) is 1. The number of carbonyl (C=O) groups excluding carboxylic acids is 1. The second kappa shape index (κ2) is 7.57. The first kappa shape index (κ1) is 15.3. The van der Waals surface area contributed by atoms with Crippen molar-refractivity contribution >= 4 is 11.6 Å². The van der Waals surface area contributed by atoms with Crippen molar-refractivity contribution < 1.29 is 9.53 Å². The van der Waals surface area contributed by atoms with E-state index in [2.05, 4.69) is 22.1 Å². The van der Waals surface area contributed by atoms with E-state index in [4.69, 9.17) is 4.74 Å². The van der Waals surface area contributed by atoms with Crippen LogP contribution in [0.1, 0.15) is 24.1 Å². The van der Waals surface area contributed by atoms with E-state index < -0.39 is 0 Å². The molecule has 1 amide bonds. The minimum atomic E-state index is 0.0343. The Balaban J connectivity index is 1.68. The second-order valence-electron chi connectivity index (χ2n) is 5.42. The number of anilines is 1. The molecule has 116 valence electrons.